The maximum atomic E-state index is 10.9. The molecule has 2 aromatic carbocycles. The molecule has 5 rings (SSSR count). The Bertz CT molecular complexity index is 1090. The first-order chi connectivity index (χ1) is 15.0. The summed E-state index contributed by atoms with van der Waals surface area (Å²) in [5.41, 5.74) is 5.57. The second kappa shape index (κ2) is 8.15. The van der Waals surface area contributed by atoms with Crippen molar-refractivity contribution < 1.29 is 25.2 Å². The molecular weight excluding hydrogens is 432 g/mol. The van der Waals surface area contributed by atoms with Crippen LogP contribution in [-0.4, -0.2) is 50.6 Å². The zero-order valence-corrected chi connectivity index (χ0v) is 18.8. The summed E-state index contributed by atoms with van der Waals surface area (Å²) in [4.78, 5) is -1.20. The number of benzene rings is 2. The van der Waals surface area contributed by atoms with Gasteiger partial charge >= 0.3 is 0 Å². The summed E-state index contributed by atoms with van der Waals surface area (Å²) in [6.07, 6.45) is -2.07. The van der Waals surface area contributed by atoms with Crippen molar-refractivity contribution in [1.29, 1.82) is 0 Å². The SMILES string of the molecule is CCc1ccc(Cc2csc3cc4c(cc23)[C@]2(OC4)SC(CO)[C@@H](O)[C@H](O)[C@H]2O)cc1. The highest BCUT2D eigenvalue weighted by Gasteiger charge is 2.57. The van der Waals surface area contributed by atoms with E-state index in [1.807, 2.05) is 0 Å². The lowest BCUT2D eigenvalue weighted by molar-refractivity contribution is -0.147. The number of aryl methyl sites for hydroxylation is 1. The molecule has 2 aliphatic heterocycles. The molecule has 1 aromatic heterocycles. The van der Waals surface area contributed by atoms with Crippen molar-refractivity contribution in [2.24, 2.45) is 0 Å². The van der Waals surface area contributed by atoms with Crippen molar-refractivity contribution in [1.82, 2.24) is 0 Å². The van der Waals surface area contributed by atoms with Crippen LogP contribution in [0.25, 0.3) is 10.1 Å². The molecule has 0 bridgehead atoms. The minimum Gasteiger partial charge on any atom is -0.395 e. The van der Waals surface area contributed by atoms with Crippen LogP contribution in [0.4, 0.5) is 0 Å². The first-order valence-corrected chi connectivity index (χ1v) is 12.3. The quantitative estimate of drug-likeness (QED) is 0.481. The number of rotatable bonds is 4. The summed E-state index contributed by atoms with van der Waals surface area (Å²) >= 11 is 2.89. The summed E-state index contributed by atoms with van der Waals surface area (Å²) in [6, 6.07) is 12.9. The molecule has 0 aliphatic carbocycles. The van der Waals surface area contributed by atoms with Crippen molar-refractivity contribution >= 4 is 33.2 Å². The van der Waals surface area contributed by atoms with Gasteiger partial charge in [0, 0.05) is 10.3 Å². The second-order valence-corrected chi connectivity index (χ2v) is 10.7. The molecule has 7 heteroatoms. The highest BCUT2D eigenvalue weighted by molar-refractivity contribution is 8.00. The Labute approximate surface area is 189 Å². The van der Waals surface area contributed by atoms with Gasteiger partial charge < -0.3 is 25.2 Å². The van der Waals surface area contributed by atoms with Crippen molar-refractivity contribution in [2.45, 2.75) is 54.9 Å². The standard InChI is InChI=1S/C24H26O5S2/c1-2-13-3-5-14(6-4-13)7-16-12-30-19-8-15-11-29-24(18(15)9-17(16)19)23(28)22(27)21(26)20(10-25)31-24/h3-6,8-9,12,20-23,25-28H,2,7,10-11H2,1H3/t20?,21-,22+,23-,24+/m1/s1. The number of aliphatic hydroxyl groups excluding tert-OH is 4. The Morgan fingerprint density at radius 1 is 1.06 bits per heavy atom. The molecule has 3 heterocycles. The number of hydrogen-bond donors (Lipinski definition) is 4. The first kappa shape index (κ1) is 21.4. The number of hydrogen-bond acceptors (Lipinski definition) is 7. The monoisotopic (exact) mass is 458 g/mol. The van der Waals surface area contributed by atoms with Crippen molar-refractivity contribution in [3.63, 3.8) is 0 Å². The molecule has 5 atom stereocenters. The van der Waals surface area contributed by atoms with Crippen LogP contribution in [0.15, 0.2) is 41.8 Å². The second-order valence-electron chi connectivity index (χ2n) is 8.33. The van der Waals surface area contributed by atoms with Crippen LogP contribution in [0, 0.1) is 0 Å². The summed E-state index contributed by atoms with van der Waals surface area (Å²) in [7, 11) is 0. The lowest BCUT2D eigenvalue weighted by Crippen LogP contribution is -2.58. The van der Waals surface area contributed by atoms with E-state index in [0.29, 0.717) is 6.61 Å². The molecule has 3 aromatic rings. The van der Waals surface area contributed by atoms with Crippen LogP contribution in [0.3, 0.4) is 0 Å². The van der Waals surface area contributed by atoms with Gasteiger partial charge in [0.05, 0.1) is 24.6 Å². The normalized spacial score (nSPS) is 30.2. The molecule has 1 saturated heterocycles. The summed E-state index contributed by atoms with van der Waals surface area (Å²) in [5, 5.41) is 44.0. The third-order valence-corrected chi connectivity index (χ3v) is 9.13. The molecule has 0 amide bonds. The van der Waals surface area contributed by atoms with Crippen LogP contribution in [-0.2, 0) is 29.1 Å². The molecule has 1 unspecified atom stereocenters. The zero-order chi connectivity index (χ0) is 21.8. The number of fused-ring (bicyclic) bond motifs is 3. The average Bonchev–Trinajstić information content (AvgIpc) is 3.35. The molecule has 4 N–H and O–H groups in total. The molecule has 31 heavy (non-hydrogen) atoms. The highest BCUT2D eigenvalue weighted by Crippen LogP contribution is 2.55. The van der Waals surface area contributed by atoms with Crippen molar-refractivity contribution in [3.05, 3.63) is 69.6 Å². The number of aliphatic hydroxyl groups is 4. The van der Waals surface area contributed by atoms with Crippen molar-refractivity contribution in [3.8, 4) is 0 Å². The average molecular weight is 459 g/mol. The van der Waals surface area contributed by atoms with Crippen LogP contribution in [0.5, 0.6) is 0 Å². The predicted octanol–water partition coefficient (Wildman–Crippen LogP) is 2.93. The Morgan fingerprint density at radius 3 is 2.52 bits per heavy atom. The van der Waals surface area contributed by atoms with Gasteiger partial charge in [0.2, 0.25) is 0 Å². The minimum absolute atomic E-state index is 0.310. The molecule has 0 saturated carbocycles. The van der Waals surface area contributed by atoms with Gasteiger partial charge in [-0.2, -0.15) is 0 Å². The van der Waals surface area contributed by atoms with Gasteiger partial charge in [-0.1, -0.05) is 31.2 Å². The van der Waals surface area contributed by atoms with Crippen LogP contribution in [0.1, 0.15) is 34.7 Å². The fourth-order valence-electron chi connectivity index (χ4n) is 4.61. The fourth-order valence-corrected chi connectivity index (χ4v) is 7.16. The van der Waals surface area contributed by atoms with E-state index in [1.54, 1.807) is 11.3 Å². The number of ether oxygens (including phenoxy) is 1. The van der Waals surface area contributed by atoms with Gasteiger partial charge in [-0.15, -0.1) is 23.1 Å². The van der Waals surface area contributed by atoms with Crippen LogP contribution >= 0.6 is 23.1 Å². The number of thiophene rings is 1. The lowest BCUT2D eigenvalue weighted by atomic mass is 9.91. The van der Waals surface area contributed by atoms with Gasteiger partial charge in [-0.05, 0) is 58.0 Å². The maximum Gasteiger partial charge on any atom is 0.168 e. The smallest absolute Gasteiger partial charge is 0.168 e. The molecule has 0 radical (unpaired) electrons. The highest BCUT2D eigenvalue weighted by atomic mass is 32.2. The van der Waals surface area contributed by atoms with Gasteiger partial charge in [-0.3, -0.25) is 0 Å². The van der Waals surface area contributed by atoms with Gasteiger partial charge in [-0.25, -0.2) is 0 Å². The largest absolute Gasteiger partial charge is 0.395 e. The van der Waals surface area contributed by atoms with Crippen molar-refractivity contribution in [2.75, 3.05) is 6.61 Å². The van der Waals surface area contributed by atoms with E-state index >= 15 is 0 Å². The Balaban J connectivity index is 1.55. The summed E-state index contributed by atoms with van der Waals surface area (Å²) < 4.78 is 7.24. The molecule has 1 fully saturated rings. The molecule has 5 nitrogen and oxygen atoms in total. The van der Waals surface area contributed by atoms with E-state index in [2.05, 4.69) is 48.7 Å². The van der Waals surface area contributed by atoms with Gasteiger partial charge in [0.25, 0.3) is 0 Å². The molecule has 164 valence electrons. The topological polar surface area (TPSA) is 90.2 Å². The van der Waals surface area contributed by atoms with E-state index in [0.717, 1.165) is 34.1 Å². The predicted molar refractivity (Wildman–Crippen MR) is 123 cm³/mol. The third-order valence-electron chi connectivity index (χ3n) is 6.47. The zero-order valence-electron chi connectivity index (χ0n) is 17.2. The summed E-state index contributed by atoms with van der Waals surface area (Å²) in [5.74, 6) is 0. The van der Waals surface area contributed by atoms with E-state index in [-0.39, 0.29) is 6.61 Å². The van der Waals surface area contributed by atoms with E-state index < -0.39 is 28.5 Å². The van der Waals surface area contributed by atoms with Gasteiger partial charge in [0.1, 0.15) is 12.2 Å². The molecular formula is C24H26O5S2. The lowest BCUT2D eigenvalue weighted by Gasteiger charge is -2.45. The fraction of sp³-hybridized carbons (Fsp3) is 0.417. The van der Waals surface area contributed by atoms with Crippen LogP contribution in [0.2, 0.25) is 0 Å². The number of thioether (sulfide) groups is 1. The Morgan fingerprint density at radius 2 is 1.81 bits per heavy atom. The molecule has 1 spiro atoms. The van der Waals surface area contributed by atoms with E-state index in [4.69, 9.17) is 4.74 Å². The molecule has 2 aliphatic rings. The van der Waals surface area contributed by atoms with E-state index in [9.17, 15) is 20.4 Å². The first-order valence-electron chi connectivity index (χ1n) is 10.5. The third kappa shape index (κ3) is 3.43. The van der Waals surface area contributed by atoms with Crippen LogP contribution < -0.4 is 0 Å². The summed E-state index contributed by atoms with van der Waals surface area (Å²) in [6.45, 7) is 2.16. The van der Waals surface area contributed by atoms with Gasteiger partial charge in [0.15, 0.2) is 4.93 Å². The van der Waals surface area contributed by atoms with E-state index in [1.165, 1.54) is 28.5 Å². The maximum absolute atomic E-state index is 10.9. The Kier molecular flexibility index (Phi) is 5.63. The Hall–Kier alpha value is -1.45. The minimum atomic E-state index is -1.39.